The Bertz CT molecular complexity index is 229. The molecule has 1 saturated carbocycles. The molecular weight excluding hydrogens is 212 g/mol. The predicted octanol–water partition coefficient (Wildman–Crippen LogP) is 4.69. The van der Waals surface area contributed by atoms with Gasteiger partial charge in [-0.15, -0.1) is 0 Å². The van der Waals surface area contributed by atoms with Gasteiger partial charge in [-0.3, -0.25) is 0 Å². The summed E-state index contributed by atoms with van der Waals surface area (Å²) >= 11 is 0. The third-order valence-electron chi connectivity index (χ3n) is 5.10. The second-order valence-corrected chi connectivity index (χ2v) is 12.1. The highest BCUT2D eigenvalue weighted by Crippen LogP contribution is 2.40. The van der Waals surface area contributed by atoms with Crippen molar-refractivity contribution in [2.45, 2.75) is 65.6 Å². The van der Waals surface area contributed by atoms with Gasteiger partial charge in [0.05, 0.1) is 0 Å². The molecule has 1 nitrogen and oxygen atoms in total. The fraction of sp³-hybridized carbons (Fsp3) is 1.00. The Labute approximate surface area is 103 Å². The second kappa shape index (κ2) is 4.81. The van der Waals surface area contributed by atoms with E-state index < -0.39 is 8.32 Å². The van der Waals surface area contributed by atoms with E-state index in [-0.39, 0.29) is 0 Å². The van der Waals surface area contributed by atoms with Crippen LogP contribution in [0.5, 0.6) is 0 Å². The number of hydrogen-bond donors (Lipinski definition) is 0. The minimum absolute atomic E-state index is 0.348. The SMILES string of the molecule is CC1CC[C@@H](CO[Si](C)(C)C(C)(C)C)[C@@H]1C. The summed E-state index contributed by atoms with van der Waals surface area (Å²) in [5, 5.41) is 0.348. The first kappa shape index (κ1) is 14.2. The maximum absolute atomic E-state index is 6.34. The lowest BCUT2D eigenvalue weighted by Crippen LogP contribution is -2.42. The lowest BCUT2D eigenvalue weighted by Gasteiger charge is -2.37. The molecule has 2 heteroatoms. The Kier molecular flexibility index (Phi) is 4.28. The van der Waals surface area contributed by atoms with Crippen molar-refractivity contribution in [3.05, 3.63) is 0 Å². The molecule has 0 aromatic carbocycles. The Morgan fingerprint density at radius 2 is 1.69 bits per heavy atom. The largest absolute Gasteiger partial charge is 0.417 e. The van der Waals surface area contributed by atoms with Gasteiger partial charge in [0.25, 0.3) is 0 Å². The van der Waals surface area contributed by atoms with Crippen molar-refractivity contribution in [3.63, 3.8) is 0 Å². The van der Waals surface area contributed by atoms with Crippen LogP contribution < -0.4 is 0 Å². The van der Waals surface area contributed by atoms with E-state index >= 15 is 0 Å². The lowest BCUT2D eigenvalue weighted by molar-refractivity contribution is 0.194. The first-order valence-corrected chi connectivity index (χ1v) is 9.70. The van der Waals surface area contributed by atoms with Crippen molar-refractivity contribution in [1.82, 2.24) is 0 Å². The molecule has 0 aromatic rings. The molecule has 0 bridgehead atoms. The summed E-state index contributed by atoms with van der Waals surface area (Å²) in [7, 11) is -1.52. The van der Waals surface area contributed by atoms with E-state index in [4.69, 9.17) is 4.43 Å². The molecule has 1 fully saturated rings. The summed E-state index contributed by atoms with van der Waals surface area (Å²) in [4.78, 5) is 0. The summed E-state index contributed by atoms with van der Waals surface area (Å²) in [5.41, 5.74) is 0. The maximum atomic E-state index is 6.34. The zero-order valence-electron chi connectivity index (χ0n) is 12.3. The van der Waals surface area contributed by atoms with E-state index in [0.29, 0.717) is 5.04 Å². The van der Waals surface area contributed by atoms with Crippen molar-refractivity contribution in [1.29, 1.82) is 0 Å². The Balaban J connectivity index is 2.46. The first-order valence-electron chi connectivity index (χ1n) is 6.79. The van der Waals surface area contributed by atoms with Crippen LogP contribution in [0.4, 0.5) is 0 Å². The molecule has 16 heavy (non-hydrogen) atoms. The summed E-state index contributed by atoms with van der Waals surface area (Å²) in [5.74, 6) is 2.56. The van der Waals surface area contributed by atoms with Gasteiger partial charge in [0.2, 0.25) is 0 Å². The summed E-state index contributed by atoms with van der Waals surface area (Å²) < 4.78 is 6.34. The van der Waals surface area contributed by atoms with E-state index in [0.717, 1.165) is 24.4 Å². The molecule has 0 heterocycles. The van der Waals surface area contributed by atoms with Gasteiger partial charge >= 0.3 is 0 Å². The highest BCUT2D eigenvalue weighted by molar-refractivity contribution is 6.74. The number of rotatable bonds is 3. The van der Waals surface area contributed by atoms with Crippen LogP contribution in [0.2, 0.25) is 18.1 Å². The average molecular weight is 242 g/mol. The average Bonchev–Trinajstić information content (AvgIpc) is 2.43. The summed E-state index contributed by atoms with van der Waals surface area (Å²) in [6, 6.07) is 0. The maximum Gasteiger partial charge on any atom is 0.191 e. The molecule has 0 spiro atoms. The molecule has 3 atom stereocenters. The lowest BCUT2D eigenvalue weighted by atomic mass is 9.93. The first-order chi connectivity index (χ1) is 7.15. The van der Waals surface area contributed by atoms with Crippen molar-refractivity contribution >= 4 is 8.32 Å². The predicted molar refractivity (Wildman–Crippen MR) is 74.2 cm³/mol. The molecule has 0 saturated heterocycles. The van der Waals surface area contributed by atoms with E-state index in [1.54, 1.807) is 0 Å². The number of hydrogen-bond acceptors (Lipinski definition) is 1. The van der Waals surface area contributed by atoms with Gasteiger partial charge < -0.3 is 4.43 Å². The van der Waals surface area contributed by atoms with Crippen LogP contribution in [0.1, 0.15) is 47.5 Å². The molecule has 0 radical (unpaired) electrons. The van der Waals surface area contributed by atoms with Gasteiger partial charge in [0.15, 0.2) is 8.32 Å². The van der Waals surface area contributed by atoms with E-state index in [9.17, 15) is 0 Å². The van der Waals surface area contributed by atoms with Crippen molar-refractivity contribution in [2.75, 3.05) is 6.61 Å². The van der Waals surface area contributed by atoms with E-state index in [2.05, 4.69) is 47.7 Å². The van der Waals surface area contributed by atoms with Crippen molar-refractivity contribution < 1.29 is 4.43 Å². The van der Waals surface area contributed by atoms with Crippen LogP contribution in [-0.4, -0.2) is 14.9 Å². The van der Waals surface area contributed by atoms with Crippen LogP contribution >= 0.6 is 0 Å². The third kappa shape index (κ3) is 3.10. The zero-order valence-corrected chi connectivity index (χ0v) is 13.3. The third-order valence-corrected chi connectivity index (χ3v) is 9.60. The molecule has 1 unspecified atom stereocenters. The topological polar surface area (TPSA) is 9.23 Å². The fourth-order valence-corrected chi connectivity index (χ4v) is 3.30. The Hall–Kier alpha value is 0.177. The monoisotopic (exact) mass is 242 g/mol. The van der Waals surface area contributed by atoms with Crippen molar-refractivity contribution in [2.24, 2.45) is 17.8 Å². The highest BCUT2D eigenvalue weighted by atomic mass is 28.4. The molecular formula is C14H30OSi. The molecule has 0 aromatic heterocycles. The minimum atomic E-state index is -1.52. The quantitative estimate of drug-likeness (QED) is 0.652. The fourth-order valence-electron chi connectivity index (χ4n) is 2.23. The zero-order chi connectivity index (χ0) is 12.6. The van der Waals surface area contributed by atoms with Gasteiger partial charge in [-0.2, -0.15) is 0 Å². The van der Waals surface area contributed by atoms with Crippen molar-refractivity contribution in [3.8, 4) is 0 Å². The summed E-state index contributed by atoms with van der Waals surface area (Å²) in [6.07, 6.45) is 2.77. The van der Waals surface area contributed by atoms with Crippen LogP contribution in [0.25, 0.3) is 0 Å². The van der Waals surface area contributed by atoms with Gasteiger partial charge in [0, 0.05) is 6.61 Å². The van der Waals surface area contributed by atoms with E-state index in [1.165, 1.54) is 12.8 Å². The standard InChI is InChI=1S/C14H30OSi/c1-11-8-9-13(12(11)2)10-15-16(6,7)14(3,4)5/h11-13H,8-10H2,1-7H3/t11?,12-,13+/m1/s1. The van der Waals surface area contributed by atoms with Gasteiger partial charge in [-0.05, 0) is 42.3 Å². The smallest absolute Gasteiger partial charge is 0.191 e. The second-order valence-electron chi connectivity index (χ2n) is 7.25. The van der Waals surface area contributed by atoms with Crippen LogP contribution in [0.3, 0.4) is 0 Å². The normalized spacial score (nSPS) is 32.1. The Morgan fingerprint density at radius 3 is 2.06 bits per heavy atom. The Morgan fingerprint density at radius 1 is 1.12 bits per heavy atom. The van der Waals surface area contributed by atoms with Crippen LogP contribution in [0, 0.1) is 17.8 Å². The molecule has 0 aliphatic heterocycles. The molecule has 1 aliphatic carbocycles. The van der Waals surface area contributed by atoms with E-state index in [1.807, 2.05) is 0 Å². The minimum Gasteiger partial charge on any atom is -0.417 e. The van der Waals surface area contributed by atoms with Gasteiger partial charge in [0.1, 0.15) is 0 Å². The molecule has 0 N–H and O–H groups in total. The van der Waals surface area contributed by atoms with Gasteiger partial charge in [-0.1, -0.05) is 41.0 Å². The summed E-state index contributed by atoms with van der Waals surface area (Å²) in [6.45, 7) is 17.5. The highest BCUT2D eigenvalue weighted by Gasteiger charge is 2.39. The molecule has 1 aliphatic rings. The van der Waals surface area contributed by atoms with Crippen LogP contribution in [-0.2, 0) is 4.43 Å². The molecule has 1 rings (SSSR count). The van der Waals surface area contributed by atoms with Gasteiger partial charge in [-0.25, -0.2) is 0 Å². The molecule has 96 valence electrons. The molecule has 0 amide bonds. The van der Waals surface area contributed by atoms with Crippen LogP contribution in [0.15, 0.2) is 0 Å².